The molecule has 5 rings (SSSR count). The molecule has 7 nitrogen and oxygen atoms in total. The van der Waals surface area contributed by atoms with E-state index in [9.17, 15) is 4.79 Å². The zero-order valence-electron chi connectivity index (χ0n) is 19.2. The second-order valence-electron chi connectivity index (χ2n) is 7.97. The Labute approximate surface area is 208 Å². The van der Waals surface area contributed by atoms with Gasteiger partial charge >= 0.3 is 5.97 Å². The first-order chi connectivity index (χ1) is 17.1. The Balaban J connectivity index is 1.53. The third-order valence-corrected chi connectivity index (χ3v) is 6.27. The number of hydrogen-bond acceptors (Lipinski definition) is 6. The van der Waals surface area contributed by atoms with Gasteiger partial charge in [-0.2, -0.15) is 0 Å². The molecule has 8 heteroatoms. The lowest BCUT2D eigenvalue weighted by Gasteiger charge is -2.26. The molecule has 2 atom stereocenters. The lowest BCUT2D eigenvalue weighted by molar-refractivity contribution is 0.0600. The Bertz CT molecular complexity index is 1340. The predicted octanol–water partition coefficient (Wildman–Crippen LogP) is 5.31. The van der Waals surface area contributed by atoms with Crippen LogP contribution in [0, 0.1) is 0 Å². The van der Waals surface area contributed by atoms with E-state index in [-0.39, 0.29) is 18.1 Å². The second kappa shape index (κ2) is 9.60. The molecule has 2 aromatic carbocycles. The highest BCUT2D eigenvalue weighted by molar-refractivity contribution is 7.80. The molecule has 0 amide bonds. The van der Waals surface area contributed by atoms with Crippen molar-refractivity contribution in [3.63, 3.8) is 0 Å². The van der Waals surface area contributed by atoms with Crippen molar-refractivity contribution in [1.29, 1.82) is 0 Å². The van der Waals surface area contributed by atoms with Crippen molar-refractivity contribution >= 4 is 29.0 Å². The van der Waals surface area contributed by atoms with E-state index in [1.807, 2.05) is 71.6 Å². The summed E-state index contributed by atoms with van der Waals surface area (Å²) in [5.74, 6) is 1.80. The van der Waals surface area contributed by atoms with Gasteiger partial charge in [0.1, 0.15) is 23.3 Å². The number of anilines is 1. The van der Waals surface area contributed by atoms with Crippen LogP contribution >= 0.6 is 12.2 Å². The van der Waals surface area contributed by atoms with Gasteiger partial charge in [0.2, 0.25) is 0 Å². The van der Waals surface area contributed by atoms with Gasteiger partial charge in [-0.25, -0.2) is 4.79 Å². The van der Waals surface area contributed by atoms with Gasteiger partial charge in [-0.1, -0.05) is 18.2 Å². The van der Waals surface area contributed by atoms with Gasteiger partial charge in [0.15, 0.2) is 5.11 Å². The van der Waals surface area contributed by atoms with Gasteiger partial charge in [0.05, 0.1) is 31.5 Å². The highest BCUT2D eigenvalue weighted by Crippen LogP contribution is 2.43. The summed E-state index contributed by atoms with van der Waals surface area (Å²) in [7, 11) is 3.00. The zero-order valence-corrected chi connectivity index (χ0v) is 20.0. The maximum Gasteiger partial charge on any atom is 0.337 e. The van der Waals surface area contributed by atoms with Crippen LogP contribution in [0.25, 0.3) is 11.3 Å². The summed E-state index contributed by atoms with van der Waals surface area (Å²) >= 11 is 5.76. The largest absolute Gasteiger partial charge is 0.497 e. The number of nitrogens with zero attached hydrogens (tertiary/aromatic N) is 2. The summed E-state index contributed by atoms with van der Waals surface area (Å²) in [5.41, 5.74) is 3.10. The molecule has 0 bridgehead atoms. The average Bonchev–Trinajstić information content (AvgIpc) is 3.53. The first-order valence-electron chi connectivity index (χ1n) is 11.0. The van der Waals surface area contributed by atoms with Crippen molar-refractivity contribution in [1.82, 2.24) is 10.3 Å². The summed E-state index contributed by atoms with van der Waals surface area (Å²) in [4.78, 5) is 18.4. The number of benzene rings is 2. The predicted molar refractivity (Wildman–Crippen MR) is 136 cm³/mol. The summed E-state index contributed by atoms with van der Waals surface area (Å²) in [6, 6.07) is 24.1. The van der Waals surface area contributed by atoms with Gasteiger partial charge in [-0.05, 0) is 72.9 Å². The number of pyridine rings is 1. The van der Waals surface area contributed by atoms with Crippen LogP contribution in [-0.2, 0) is 4.74 Å². The fourth-order valence-electron chi connectivity index (χ4n) is 4.22. The van der Waals surface area contributed by atoms with E-state index in [1.54, 1.807) is 25.4 Å². The molecular weight excluding hydrogens is 462 g/mol. The Morgan fingerprint density at radius 2 is 1.77 bits per heavy atom. The second-order valence-corrected chi connectivity index (χ2v) is 8.35. The number of furan rings is 1. The molecule has 176 valence electrons. The average molecular weight is 486 g/mol. The molecule has 0 spiro atoms. The molecule has 4 aromatic rings. The lowest BCUT2D eigenvalue weighted by Crippen LogP contribution is -2.29. The monoisotopic (exact) mass is 485 g/mol. The molecule has 0 aliphatic carbocycles. The van der Waals surface area contributed by atoms with Gasteiger partial charge in [-0.15, -0.1) is 0 Å². The van der Waals surface area contributed by atoms with Crippen molar-refractivity contribution in [3.8, 4) is 17.1 Å². The lowest BCUT2D eigenvalue weighted by atomic mass is 10.0. The molecular formula is C27H23N3O4S. The molecule has 1 aliphatic heterocycles. The van der Waals surface area contributed by atoms with Crippen LogP contribution < -0.4 is 15.0 Å². The van der Waals surface area contributed by atoms with Crippen molar-refractivity contribution in [2.24, 2.45) is 0 Å². The molecule has 3 heterocycles. The Morgan fingerprint density at radius 3 is 2.43 bits per heavy atom. The fraction of sp³-hybridized carbons (Fsp3) is 0.148. The third kappa shape index (κ3) is 4.36. The maximum atomic E-state index is 11.8. The summed E-state index contributed by atoms with van der Waals surface area (Å²) < 4.78 is 16.5. The van der Waals surface area contributed by atoms with E-state index < -0.39 is 0 Å². The number of nitrogens with one attached hydrogen (secondary N) is 1. The van der Waals surface area contributed by atoms with Gasteiger partial charge in [0.25, 0.3) is 0 Å². The van der Waals surface area contributed by atoms with Crippen molar-refractivity contribution in [2.75, 3.05) is 19.1 Å². The normalized spacial score (nSPS) is 17.2. The number of ether oxygens (including phenoxy) is 2. The minimum Gasteiger partial charge on any atom is -0.497 e. The first-order valence-corrected chi connectivity index (χ1v) is 11.4. The topological polar surface area (TPSA) is 76.8 Å². The van der Waals surface area contributed by atoms with Crippen LogP contribution in [0.15, 0.2) is 89.5 Å². The number of carbonyl (C=O) groups is 1. The molecule has 0 radical (unpaired) electrons. The van der Waals surface area contributed by atoms with Crippen molar-refractivity contribution < 1.29 is 18.7 Å². The van der Waals surface area contributed by atoms with Crippen molar-refractivity contribution in [2.45, 2.75) is 12.1 Å². The van der Waals surface area contributed by atoms with Crippen LogP contribution in [0.1, 0.15) is 33.9 Å². The number of rotatable bonds is 6. The standard InChI is InChI=1S/C27H23N3O4S/c1-32-20-12-10-19(11-13-20)30-25(24(29-27(30)35)21-5-3-4-16-28-21)23-15-14-22(34-23)17-6-8-18(9-7-17)26(31)33-2/h3-16,24-25H,1-2H3,(H,29,35)/t24-,25-/m0/s1. The number of esters is 1. The van der Waals surface area contributed by atoms with Crippen LogP contribution in [-0.4, -0.2) is 30.3 Å². The SMILES string of the molecule is COC(=O)c1ccc(-c2ccc([C@H]3[C@H](c4ccccn4)NC(=S)N3c3ccc(OC)cc3)o2)cc1. The zero-order chi connectivity index (χ0) is 24.4. The first kappa shape index (κ1) is 22.6. The van der Waals surface area contributed by atoms with E-state index >= 15 is 0 Å². The van der Waals surface area contributed by atoms with Gasteiger partial charge in [0, 0.05) is 17.4 Å². The van der Waals surface area contributed by atoms with E-state index in [1.165, 1.54) is 7.11 Å². The summed E-state index contributed by atoms with van der Waals surface area (Å²) in [5, 5.41) is 4.00. The fourth-order valence-corrected chi connectivity index (χ4v) is 4.57. The number of aromatic nitrogens is 1. The molecule has 1 saturated heterocycles. The number of methoxy groups -OCH3 is 2. The Kier molecular flexibility index (Phi) is 6.20. The minimum absolute atomic E-state index is 0.216. The van der Waals surface area contributed by atoms with E-state index in [0.717, 1.165) is 28.5 Å². The number of carbonyl (C=O) groups excluding carboxylic acids is 1. The Hall–Kier alpha value is -4.17. The van der Waals surface area contributed by atoms with E-state index in [2.05, 4.69) is 10.3 Å². The van der Waals surface area contributed by atoms with Crippen LogP contribution in [0.3, 0.4) is 0 Å². The summed E-state index contributed by atoms with van der Waals surface area (Å²) in [6.45, 7) is 0. The van der Waals surface area contributed by atoms with Crippen LogP contribution in [0.5, 0.6) is 5.75 Å². The molecule has 1 N–H and O–H groups in total. The highest BCUT2D eigenvalue weighted by atomic mass is 32.1. The molecule has 2 aromatic heterocycles. The molecule has 0 unspecified atom stereocenters. The van der Waals surface area contributed by atoms with E-state index in [0.29, 0.717) is 16.4 Å². The number of thiocarbonyl (C=S) groups is 1. The quantitative estimate of drug-likeness (QED) is 0.291. The molecule has 35 heavy (non-hydrogen) atoms. The molecule has 1 fully saturated rings. The van der Waals surface area contributed by atoms with E-state index in [4.69, 9.17) is 26.1 Å². The van der Waals surface area contributed by atoms with Crippen LogP contribution in [0.2, 0.25) is 0 Å². The van der Waals surface area contributed by atoms with Crippen molar-refractivity contribution in [3.05, 3.63) is 102 Å². The number of hydrogen-bond donors (Lipinski definition) is 1. The summed E-state index contributed by atoms with van der Waals surface area (Å²) in [6.07, 6.45) is 1.77. The highest BCUT2D eigenvalue weighted by Gasteiger charge is 2.42. The smallest absolute Gasteiger partial charge is 0.337 e. The Morgan fingerprint density at radius 1 is 1.00 bits per heavy atom. The maximum absolute atomic E-state index is 11.8. The van der Waals surface area contributed by atoms with Crippen LogP contribution in [0.4, 0.5) is 5.69 Å². The van der Waals surface area contributed by atoms with Gasteiger partial charge < -0.3 is 24.1 Å². The minimum atomic E-state index is -0.379. The molecule has 1 aliphatic rings. The van der Waals surface area contributed by atoms with Gasteiger partial charge in [-0.3, -0.25) is 4.98 Å². The molecule has 0 saturated carbocycles. The third-order valence-electron chi connectivity index (χ3n) is 5.96.